The lowest BCUT2D eigenvalue weighted by Crippen LogP contribution is -2.55. The van der Waals surface area contributed by atoms with Crippen LogP contribution in [0.2, 0.25) is 0 Å². The molecule has 4 rings (SSSR count). The first-order valence-corrected chi connectivity index (χ1v) is 13.6. The summed E-state index contributed by atoms with van der Waals surface area (Å²) >= 11 is 0. The van der Waals surface area contributed by atoms with Crippen LogP contribution in [0.5, 0.6) is 0 Å². The van der Waals surface area contributed by atoms with E-state index in [4.69, 9.17) is 4.74 Å². The van der Waals surface area contributed by atoms with Crippen molar-refractivity contribution in [3.63, 3.8) is 0 Å². The number of fused-ring (bicyclic) bond motifs is 3. The van der Waals surface area contributed by atoms with Crippen LogP contribution in [-0.4, -0.2) is 91.8 Å². The molecule has 1 fully saturated rings. The van der Waals surface area contributed by atoms with E-state index in [-0.39, 0.29) is 24.9 Å². The number of carbonyl (C=O) groups excluding carboxylic acids is 7. The summed E-state index contributed by atoms with van der Waals surface area (Å²) in [6.45, 7) is -0.958. The molecule has 0 radical (unpaired) electrons. The van der Waals surface area contributed by atoms with Crippen molar-refractivity contribution >= 4 is 41.4 Å². The number of ether oxygens (including phenoxy) is 1. The highest BCUT2D eigenvalue weighted by molar-refractivity contribution is 5.95. The number of rotatable bonds is 7. The first-order chi connectivity index (χ1) is 20.6. The Hall–Kier alpha value is -5.27. The summed E-state index contributed by atoms with van der Waals surface area (Å²) in [5.41, 5.74) is 4.19. The van der Waals surface area contributed by atoms with E-state index in [0.717, 1.165) is 27.2 Å². The van der Waals surface area contributed by atoms with Crippen molar-refractivity contribution in [1.82, 2.24) is 31.5 Å². The number of amides is 6. The molecule has 43 heavy (non-hydrogen) atoms. The Morgan fingerprint density at radius 2 is 1.51 bits per heavy atom. The Bertz CT molecular complexity index is 1400. The molecule has 14 heteroatoms. The third kappa shape index (κ3) is 8.15. The van der Waals surface area contributed by atoms with Gasteiger partial charge in [0.1, 0.15) is 31.5 Å². The average Bonchev–Trinajstić information content (AvgIpc) is 3.31. The predicted molar refractivity (Wildman–Crippen MR) is 151 cm³/mol. The molecule has 1 saturated heterocycles. The van der Waals surface area contributed by atoms with Gasteiger partial charge in [-0.1, -0.05) is 48.5 Å². The Balaban J connectivity index is 1.32. The van der Waals surface area contributed by atoms with Gasteiger partial charge < -0.3 is 36.2 Å². The van der Waals surface area contributed by atoms with Crippen molar-refractivity contribution in [3.8, 4) is 11.1 Å². The van der Waals surface area contributed by atoms with Crippen LogP contribution in [0.4, 0.5) is 4.79 Å². The normalized spacial score (nSPS) is 17.1. The predicted octanol–water partition coefficient (Wildman–Crippen LogP) is -0.863. The maximum Gasteiger partial charge on any atom is 0.407 e. The van der Waals surface area contributed by atoms with Crippen molar-refractivity contribution in [3.05, 3.63) is 59.7 Å². The molecule has 226 valence electrons. The molecule has 1 aliphatic carbocycles. The zero-order valence-electron chi connectivity index (χ0n) is 23.4. The Kier molecular flexibility index (Phi) is 10.0. The van der Waals surface area contributed by atoms with E-state index in [0.29, 0.717) is 0 Å². The molecule has 1 heterocycles. The van der Waals surface area contributed by atoms with Crippen LogP contribution in [0.1, 0.15) is 30.4 Å². The molecule has 1 atom stereocenters. The fourth-order valence-electron chi connectivity index (χ4n) is 4.78. The summed E-state index contributed by atoms with van der Waals surface area (Å²) < 4.78 is 5.43. The quantitative estimate of drug-likeness (QED) is 0.274. The molecule has 2 aromatic rings. The molecule has 0 spiro atoms. The van der Waals surface area contributed by atoms with Gasteiger partial charge in [-0.15, -0.1) is 0 Å². The van der Waals surface area contributed by atoms with Gasteiger partial charge in [0, 0.05) is 5.92 Å². The van der Waals surface area contributed by atoms with Crippen LogP contribution in [0.15, 0.2) is 48.5 Å². The Labute approximate surface area is 246 Å². The number of Topliss-reactive ketones (excluding diaryl/α,β-unsaturated/α-hetero) is 1. The highest BCUT2D eigenvalue weighted by Crippen LogP contribution is 2.44. The molecule has 0 bridgehead atoms. The number of ketones is 1. The van der Waals surface area contributed by atoms with Crippen molar-refractivity contribution in [1.29, 1.82) is 0 Å². The van der Waals surface area contributed by atoms with Crippen LogP contribution < -0.4 is 26.6 Å². The van der Waals surface area contributed by atoms with E-state index in [1.54, 1.807) is 0 Å². The molecule has 14 nitrogen and oxygen atoms in total. The molecule has 6 amide bonds. The summed E-state index contributed by atoms with van der Waals surface area (Å²) in [5.74, 6) is -4.13. The summed E-state index contributed by atoms with van der Waals surface area (Å²) in [4.78, 5) is 87.1. The van der Waals surface area contributed by atoms with Gasteiger partial charge in [-0.05, 0) is 29.2 Å². The highest BCUT2D eigenvalue weighted by Gasteiger charge is 2.30. The molecule has 5 N–H and O–H groups in total. The van der Waals surface area contributed by atoms with Crippen molar-refractivity contribution in [2.24, 2.45) is 0 Å². The summed E-state index contributed by atoms with van der Waals surface area (Å²) in [7, 11) is 0. The third-order valence-electron chi connectivity index (χ3n) is 6.88. The summed E-state index contributed by atoms with van der Waals surface area (Å²) in [5, 5.41) is 11.8. The monoisotopic (exact) mass is 592 g/mol. The molecular formula is C29H32N6O8. The van der Waals surface area contributed by atoms with E-state index in [9.17, 15) is 33.6 Å². The van der Waals surface area contributed by atoms with Gasteiger partial charge in [0.25, 0.3) is 0 Å². The molecule has 0 aromatic heterocycles. The third-order valence-corrected chi connectivity index (χ3v) is 6.88. The summed E-state index contributed by atoms with van der Waals surface area (Å²) in [6, 6.07) is 14.4. The first-order valence-electron chi connectivity index (χ1n) is 13.6. The number of nitrogens with zero attached hydrogens (tertiary/aromatic N) is 1. The van der Waals surface area contributed by atoms with Gasteiger partial charge in [0.15, 0.2) is 0 Å². The molecule has 1 unspecified atom stereocenters. The SMILES string of the molecule is CC(=O)CNC(=O)C1CC(=O)NCN(C(=O)CNC(=O)OCC2c3ccccc3-c3ccccc32)CC(=O)NCC(=O)N1. The van der Waals surface area contributed by atoms with Crippen molar-refractivity contribution < 1.29 is 38.3 Å². The number of hydrogen-bond acceptors (Lipinski definition) is 8. The molecular weight excluding hydrogens is 560 g/mol. The second-order valence-electron chi connectivity index (χ2n) is 10.0. The topological polar surface area (TPSA) is 192 Å². The number of carbonyl (C=O) groups is 7. The van der Waals surface area contributed by atoms with Crippen molar-refractivity contribution in [2.45, 2.75) is 25.3 Å². The van der Waals surface area contributed by atoms with Gasteiger partial charge in [-0.25, -0.2) is 4.79 Å². The van der Waals surface area contributed by atoms with Crippen LogP contribution >= 0.6 is 0 Å². The van der Waals surface area contributed by atoms with Crippen LogP contribution in [0.3, 0.4) is 0 Å². The largest absolute Gasteiger partial charge is 0.449 e. The molecule has 2 aliphatic rings. The standard InChI is InChI=1S/C29H32N6O8/c1-17(36)11-31-28(41)23-10-24(37)33-16-35(14-26(39)30-12-25(38)34-23)27(40)13-32-29(42)43-15-22-20-8-4-2-6-18(20)19-7-3-5-9-21(19)22/h2-9,22-23H,10-16H2,1H3,(H,30,39)(H,31,41)(H,32,42)(H,33,37)(H,34,38). The van der Waals surface area contributed by atoms with Crippen LogP contribution in [0, 0.1) is 0 Å². The minimum atomic E-state index is -1.32. The number of hydrogen-bond donors (Lipinski definition) is 5. The lowest BCUT2D eigenvalue weighted by Gasteiger charge is -2.25. The molecule has 1 aliphatic heterocycles. The zero-order valence-corrected chi connectivity index (χ0v) is 23.4. The number of alkyl carbamates (subject to hydrolysis) is 1. The minimum absolute atomic E-state index is 0.0411. The maximum atomic E-state index is 12.9. The fraction of sp³-hybridized carbons (Fsp3) is 0.345. The number of benzene rings is 2. The van der Waals surface area contributed by atoms with E-state index in [2.05, 4.69) is 26.6 Å². The minimum Gasteiger partial charge on any atom is -0.449 e. The van der Waals surface area contributed by atoms with Gasteiger partial charge in [-0.3, -0.25) is 28.8 Å². The van der Waals surface area contributed by atoms with Gasteiger partial charge in [-0.2, -0.15) is 0 Å². The molecule has 0 saturated carbocycles. The Morgan fingerprint density at radius 3 is 2.16 bits per heavy atom. The first kappa shape index (κ1) is 30.7. The zero-order chi connectivity index (χ0) is 30.9. The van der Waals surface area contributed by atoms with E-state index < -0.39 is 74.4 Å². The molecule has 2 aromatic carbocycles. The smallest absolute Gasteiger partial charge is 0.407 e. The van der Waals surface area contributed by atoms with E-state index in [1.165, 1.54) is 6.92 Å². The van der Waals surface area contributed by atoms with Gasteiger partial charge in [0.05, 0.1) is 26.2 Å². The van der Waals surface area contributed by atoms with Gasteiger partial charge in [0.2, 0.25) is 29.5 Å². The lowest BCUT2D eigenvalue weighted by molar-refractivity contribution is -0.138. The lowest BCUT2D eigenvalue weighted by atomic mass is 9.98. The fourth-order valence-corrected chi connectivity index (χ4v) is 4.78. The highest BCUT2D eigenvalue weighted by atomic mass is 16.5. The Morgan fingerprint density at radius 1 is 0.860 bits per heavy atom. The van der Waals surface area contributed by atoms with E-state index >= 15 is 0 Å². The van der Waals surface area contributed by atoms with Crippen LogP contribution in [0.25, 0.3) is 11.1 Å². The van der Waals surface area contributed by atoms with Crippen molar-refractivity contribution in [2.75, 3.05) is 39.5 Å². The van der Waals surface area contributed by atoms with Gasteiger partial charge >= 0.3 is 6.09 Å². The second kappa shape index (κ2) is 14.1. The van der Waals surface area contributed by atoms with E-state index in [1.807, 2.05) is 48.5 Å². The maximum absolute atomic E-state index is 12.9. The van der Waals surface area contributed by atoms with Crippen LogP contribution in [-0.2, 0) is 33.5 Å². The number of nitrogens with one attached hydrogen (secondary N) is 5. The average molecular weight is 593 g/mol. The second-order valence-corrected chi connectivity index (χ2v) is 10.0. The summed E-state index contributed by atoms with van der Waals surface area (Å²) in [6.07, 6.45) is -1.32.